The highest BCUT2D eigenvalue weighted by atomic mass is 35.5. The van der Waals surface area contributed by atoms with Crippen molar-refractivity contribution < 1.29 is 9.59 Å². The molecule has 0 aliphatic carbocycles. The number of halogens is 1. The SMILES string of the molecule is CC(=O)N1CCCN(Cc2ccccc2)CCN(C(=O)c2ccccc2Cl)Cc2ccccc21. The number of rotatable bonds is 3. The third-order valence-electron chi connectivity index (χ3n) is 6.21. The van der Waals surface area contributed by atoms with Crippen molar-refractivity contribution in [3.63, 3.8) is 0 Å². The number of amides is 2. The van der Waals surface area contributed by atoms with Crippen molar-refractivity contribution in [2.75, 3.05) is 31.1 Å². The zero-order valence-corrected chi connectivity index (χ0v) is 20.2. The molecule has 0 saturated heterocycles. The largest absolute Gasteiger partial charge is 0.333 e. The first-order valence-electron chi connectivity index (χ1n) is 11.7. The molecule has 0 unspecified atom stereocenters. The molecule has 0 saturated carbocycles. The van der Waals surface area contributed by atoms with Crippen molar-refractivity contribution in [1.82, 2.24) is 9.80 Å². The first kappa shape index (κ1) is 24.0. The van der Waals surface area contributed by atoms with Gasteiger partial charge in [-0.2, -0.15) is 0 Å². The summed E-state index contributed by atoms with van der Waals surface area (Å²) < 4.78 is 0. The molecule has 0 atom stereocenters. The Morgan fingerprint density at radius 3 is 2.29 bits per heavy atom. The number of carbonyl (C=O) groups excluding carboxylic acids is 2. The lowest BCUT2D eigenvalue weighted by Crippen LogP contribution is -2.38. The summed E-state index contributed by atoms with van der Waals surface area (Å²) in [5, 5.41) is 0.446. The first-order valence-corrected chi connectivity index (χ1v) is 12.1. The van der Waals surface area contributed by atoms with Crippen LogP contribution in [0.25, 0.3) is 0 Å². The number of nitrogens with zero attached hydrogens (tertiary/aromatic N) is 3. The van der Waals surface area contributed by atoms with Crippen molar-refractivity contribution >= 4 is 29.1 Å². The van der Waals surface area contributed by atoms with Crippen LogP contribution in [0.1, 0.15) is 34.8 Å². The quantitative estimate of drug-likeness (QED) is 0.520. The van der Waals surface area contributed by atoms with Crippen molar-refractivity contribution in [3.8, 4) is 0 Å². The summed E-state index contributed by atoms with van der Waals surface area (Å²) in [6.45, 7) is 5.56. The van der Waals surface area contributed by atoms with Gasteiger partial charge in [0.25, 0.3) is 5.91 Å². The Bertz CT molecular complexity index is 1140. The van der Waals surface area contributed by atoms with Gasteiger partial charge in [0.1, 0.15) is 0 Å². The maximum Gasteiger partial charge on any atom is 0.255 e. The van der Waals surface area contributed by atoms with Crippen LogP contribution < -0.4 is 4.90 Å². The summed E-state index contributed by atoms with van der Waals surface area (Å²) >= 11 is 6.39. The maximum absolute atomic E-state index is 13.6. The number of hydrogen-bond acceptors (Lipinski definition) is 3. The van der Waals surface area contributed by atoms with E-state index in [9.17, 15) is 9.59 Å². The highest BCUT2D eigenvalue weighted by Gasteiger charge is 2.24. The zero-order valence-electron chi connectivity index (χ0n) is 19.5. The van der Waals surface area contributed by atoms with E-state index in [1.165, 1.54) is 5.56 Å². The Labute approximate surface area is 206 Å². The average Bonchev–Trinajstić information content (AvgIpc) is 2.88. The predicted octanol–water partition coefficient (Wildman–Crippen LogP) is 5.24. The van der Waals surface area contributed by atoms with Crippen molar-refractivity contribution in [2.24, 2.45) is 0 Å². The van der Waals surface area contributed by atoms with E-state index in [0.29, 0.717) is 30.2 Å². The van der Waals surface area contributed by atoms with Gasteiger partial charge >= 0.3 is 0 Å². The molecule has 0 fully saturated rings. The minimum atomic E-state index is -0.103. The molecule has 176 valence electrons. The van der Waals surface area contributed by atoms with Gasteiger partial charge in [-0.1, -0.05) is 72.3 Å². The molecule has 4 rings (SSSR count). The summed E-state index contributed by atoms with van der Waals surface area (Å²) in [6.07, 6.45) is 0.846. The van der Waals surface area contributed by atoms with Crippen LogP contribution in [-0.4, -0.2) is 47.8 Å². The molecule has 0 spiro atoms. The highest BCUT2D eigenvalue weighted by Crippen LogP contribution is 2.25. The van der Waals surface area contributed by atoms with Crippen LogP contribution in [0.15, 0.2) is 78.9 Å². The summed E-state index contributed by atoms with van der Waals surface area (Å²) in [6, 6.07) is 25.4. The molecule has 3 aromatic rings. The van der Waals surface area contributed by atoms with Crippen LogP contribution in [0.2, 0.25) is 5.02 Å². The van der Waals surface area contributed by atoms with Crippen LogP contribution in [0.3, 0.4) is 0 Å². The van der Waals surface area contributed by atoms with E-state index in [4.69, 9.17) is 11.6 Å². The van der Waals surface area contributed by atoms with Gasteiger partial charge in [-0.15, -0.1) is 0 Å². The molecule has 2 amide bonds. The van der Waals surface area contributed by atoms with Gasteiger partial charge in [-0.05, 0) is 35.7 Å². The second-order valence-electron chi connectivity index (χ2n) is 8.62. The summed E-state index contributed by atoms with van der Waals surface area (Å²) in [5.41, 5.74) is 3.54. The molecule has 6 heteroatoms. The van der Waals surface area contributed by atoms with E-state index >= 15 is 0 Å². The Morgan fingerprint density at radius 1 is 0.824 bits per heavy atom. The van der Waals surface area contributed by atoms with E-state index in [-0.39, 0.29) is 11.8 Å². The fourth-order valence-corrected chi connectivity index (χ4v) is 4.66. The number of hydrogen-bond donors (Lipinski definition) is 0. The van der Waals surface area contributed by atoms with Crippen LogP contribution in [0.4, 0.5) is 5.69 Å². The average molecular weight is 476 g/mol. The Kier molecular flexibility index (Phi) is 7.99. The topological polar surface area (TPSA) is 43.9 Å². The predicted molar refractivity (Wildman–Crippen MR) is 137 cm³/mol. The maximum atomic E-state index is 13.6. The smallest absolute Gasteiger partial charge is 0.255 e. The third kappa shape index (κ3) is 5.85. The lowest BCUT2D eigenvalue weighted by atomic mass is 10.1. The van der Waals surface area contributed by atoms with E-state index in [0.717, 1.165) is 37.3 Å². The normalized spacial score (nSPS) is 15.4. The molecule has 0 aromatic heterocycles. The van der Waals surface area contributed by atoms with E-state index < -0.39 is 0 Å². The number of carbonyl (C=O) groups is 2. The lowest BCUT2D eigenvalue weighted by Gasteiger charge is -2.28. The molecule has 3 aromatic carbocycles. The Hall–Kier alpha value is -3.15. The van der Waals surface area contributed by atoms with Crippen LogP contribution in [0, 0.1) is 0 Å². The fraction of sp³-hybridized carbons (Fsp3) is 0.286. The second-order valence-corrected chi connectivity index (χ2v) is 9.03. The first-order chi connectivity index (χ1) is 16.5. The summed E-state index contributed by atoms with van der Waals surface area (Å²) in [4.78, 5) is 32.2. The molecule has 0 radical (unpaired) electrons. The van der Waals surface area contributed by atoms with Crippen LogP contribution in [-0.2, 0) is 17.9 Å². The van der Waals surface area contributed by atoms with Gasteiger partial charge in [0.2, 0.25) is 5.91 Å². The van der Waals surface area contributed by atoms with Crippen LogP contribution in [0.5, 0.6) is 0 Å². The zero-order chi connectivity index (χ0) is 23.9. The number of fused-ring (bicyclic) bond motifs is 1. The molecule has 1 aliphatic rings. The fourth-order valence-electron chi connectivity index (χ4n) is 4.44. The second kappa shape index (κ2) is 11.3. The molecule has 0 bridgehead atoms. The van der Waals surface area contributed by atoms with Crippen molar-refractivity contribution in [3.05, 3.63) is 101 Å². The number of para-hydroxylation sites is 1. The van der Waals surface area contributed by atoms with Crippen LogP contribution >= 0.6 is 11.6 Å². The minimum absolute atomic E-state index is 0.00490. The van der Waals surface area contributed by atoms with Gasteiger partial charge < -0.3 is 9.80 Å². The third-order valence-corrected chi connectivity index (χ3v) is 6.54. The lowest BCUT2D eigenvalue weighted by molar-refractivity contribution is -0.116. The molecule has 1 heterocycles. The number of benzene rings is 3. The highest BCUT2D eigenvalue weighted by molar-refractivity contribution is 6.33. The molecule has 34 heavy (non-hydrogen) atoms. The van der Waals surface area contributed by atoms with E-state index in [2.05, 4.69) is 17.0 Å². The van der Waals surface area contributed by atoms with Gasteiger partial charge in [-0.25, -0.2) is 0 Å². The van der Waals surface area contributed by atoms with Gasteiger partial charge in [0.05, 0.1) is 10.6 Å². The molecule has 0 N–H and O–H groups in total. The summed E-state index contributed by atoms with van der Waals surface area (Å²) in [5.74, 6) is -0.0982. The summed E-state index contributed by atoms with van der Waals surface area (Å²) in [7, 11) is 0. The molecular formula is C28H30ClN3O2. The minimum Gasteiger partial charge on any atom is -0.333 e. The van der Waals surface area contributed by atoms with Gasteiger partial charge in [0, 0.05) is 51.9 Å². The van der Waals surface area contributed by atoms with Crippen molar-refractivity contribution in [2.45, 2.75) is 26.4 Å². The Balaban J connectivity index is 1.67. The molecule has 5 nitrogen and oxygen atoms in total. The Morgan fingerprint density at radius 2 is 1.53 bits per heavy atom. The van der Waals surface area contributed by atoms with Gasteiger partial charge in [0.15, 0.2) is 0 Å². The van der Waals surface area contributed by atoms with E-state index in [1.807, 2.05) is 64.4 Å². The molecule has 1 aliphatic heterocycles. The standard InChI is InChI=1S/C28H30ClN3O2/c1-22(33)32-17-9-16-30(20-23-10-3-2-4-11-23)18-19-31(21-24-12-5-8-15-27(24)32)28(34)25-13-6-7-14-26(25)29/h2-8,10-15H,9,16-21H2,1H3. The van der Waals surface area contributed by atoms with Crippen molar-refractivity contribution in [1.29, 1.82) is 0 Å². The monoisotopic (exact) mass is 475 g/mol. The number of anilines is 1. The van der Waals surface area contributed by atoms with E-state index in [1.54, 1.807) is 19.1 Å². The van der Waals surface area contributed by atoms with Gasteiger partial charge in [-0.3, -0.25) is 14.5 Å². The molecular weight excluding hydrogens is 446 g/mol.